The number of aromatic amines is 1. The number of phenols is 1. The molecule has 0 bridgehead atoms. The van der Waals surface area contributed by atoms with Gasteiger partial charge in [-0.2, -0.15) is 0 Å². The fourth-order valence-electron chi connectivity index (χ4n) is 3.86. The summed E-state index contributed by atoms with van der Waals surface area (Å²) in [5, 5.41) is 13.8. The molecule has 0 spiro atoms. The molecule has 2 heterocycles. The molecule has 1 aromatic heterocycles. The molecule has 1 unspecified atom stereocenters. The monoisotopic (exact) mass is 397 g/mol. The number of nitrogens with zero attached hydrogens (tertiary/aromatic N) is 1. The second-order valence-electron chi connectivity index (χ2n) is 7.16. The number of benzene rings is 1. The van der Waals surface area contributed by atoms with E-state index >= 15 is 0 Å². The van der Waals surface area contributed by atoms with Crippen molar-refractivity contribution in [2.75, 3.05) is 11.1 Å². The Morgan fingerprint density at radius 3 is 2.93 bits per heavy atom. The molecule has 1 aromatic carbocycles. The van der Waals surface area contributed by atoms with E-state index in [2.05, 4.69) is 22.2 Å². The van der Waals surface area contributed by atoms with E-state index in [0.29, 0.717) is 28.5 Å². The van der Waals surface area contributed by atoms with Crippen LogP contribution in [0.5, 0.6) is 5.75 Å². The molecule has 0 saturated heterocycles. The molecule has 3 N–H and O–H groups in total. The number of hydrogen-bond acceptors (Lipinski definition) is 6. The Balaban J connectivity index is 1.85. The van der Waals surface area contributed by atoms with E-state index in [-0.39, 0.29) is 17.1 Å². The van der Waals surface area contributed by atoms with Crippen LogP contribution in [0.2, 0.25) is 0 Å². The molecule has 0 amide bonds. The first kappa shape index (κ1) is 18.8. The average molecular weight is 398 g/mol. The molecule has 4 rings (SSSR count). The number of H-pyrrole nitrogens is 1. The van der Waals surface area contributed by atoms with Gasteiger partial charge in [0, 0.05) is 29.4 Å². The Morgan fingerprint density at radius 2 is 2.14 bits per heavy atom. The number of carbonyl (C=O) groups is 1. The average Bonchev–Trinajstić information content (AvgIpc) is 2.67. The quantitative estimate of drug-likeness (QED) is 0.402. The number of ketones is 1. The summed E-state index contributed by atoms with van der Waals surface area (Å²) in [7, 11) is 0. The van der Waals surface area contributed by atoms with Crippen LogP contribution in [0.4, 0.5) is 5.82 Å². The molecule has 7 heteroatoms. The van der Waals surface area contributed by atoms with Crippen molar-refractivity contribution in [3.63, 3.8) is 0 Å². The number of rotatable bonds is 5. The van der Waals surface area contributed by atoms with Crippen LogP contribution in [0.15, 0.2) is 45.5 Å². The minimum Gasteiger partial charge on any atom is -0.508 e. The van der Waals surface area contributed by atoms with Crippen LogP contribution in [0.25, 0.3) is 0 Å². The molecule has 1 aliphatic heterocycles. The molecular formula is C21H23N3O3S. The third-order valence-electron chi connectivity index (χ3n) is 5.18. The number of thioether (sulfide) groups is 1. The molecule has 0 fully saturated rings. The molecule has 0 radical (unpaired) electrons. The summed E-state index contributed by atoms with van der Waals surface area (Å²) >= 11 is 1.53. The minimum atomic E-state index is -0.517. The number of anilines is 1. The first-order valence-corrected chi connectivity index (χ1v) is 10.7. The van der Waals surface area contributed by atoms with Crippen molar-refractivity contribution in [3.05, 3.63) is 57.0 Å². The lowest BCUT2D eigenvalue weighted by Gasteiger charge is -2.32. The van der Waals surface area contributed by atoms with Gasteiger partial charge in [0.15, 0.2) is 10.9 Å². The molecule has 2 aromatic rings. The Labute approximate surface area is 167 Å². The third kappa shape index (κ3) is 3.46. The number of fused-ring (bicyclic) bond motifs is 1. The van der Waals surface area contributed by atoms with Gasteiger partial charge in [-0.05, 0) is 37.0 Å². The van der Waals surface area contributed by atoms with Gasteiger partial charge >= 0.3 is 0 Å². The molecule has 2 aliphatic rings. The van der Waals surface area contributed by atoms with Gasteiger partial charge in [0.05, 0.1) is 5.56 Å². The van der Waals surface area contributed by atoms with Crippen molar-refractivity contribution in [1.29, 1.82) is 0 Å². The predicted molar refractivity (Wildman–Crippen MR) is 110 cm³/mol. The molecule has 6 nitrogen and oxygen atoms in total. The van der Waals surface area contributed by atoms with Crippen molar-refractivity contribution in [2.45, 2.75) is 50.1 Å². The number of hydrogen-bond donors (Lipinski definition) is 3. The summed E-state index contributed by atoms with van der Waals surface area (Å²) in [4.78, 5) is 33.3. The lowest BCUT2D eigenvalue weighted by molar-refractivity contribution is -0.116. The van der Waals surface area contributed by atoms with E-state index in [4.69, 9.17) is 0 Å². The highest BCUT2D eigenvalue weighted by Crippen LogP contribution is 2.43. The SMILES string of the molecule is CCCCSc1nc2c(c(=O)[nH]1)C(c1cccc(O)c1)C1=C(CCCC1=O)N2. The lowest BCUT2D eigenvalue weighted by Crippen LogP contribution is -2.32. The predicted octanol–water partition coefficient (Wildman–Crippen LogP) is 3.93. The van der Waals surface area contributed by atoms with Crippen LogP contribution in [0.1, 0.15) is 56.1 Å². The van der Waals surface area contributed by atoms with Gasteiger partial charge in [-0.15, -0.1) is 0 Å². The zero-order chi connectivity index (χ0) is 19.7. The minimum absolute atomic E-state index is 0.0496. The van der Waals surface area contributed by atoms with Gasteiger partial charge in [0.25, 0.3) is 5.56 Å². The van der Waals surface area contributed by atoms with E-state index in [9.17, 15) is 14.7 Å². The van der Waals surface area contributed by atoms with Gasteiger partial charge < -0.3 is 15.4 Å². The van der Waals surface area contributed by atoms with E-state index in [1.54, 1.807) is 18.2 Å². The van der Waals surface area contributed by atoms with Gasteiger partial charge in [-0.3, -0.25) is 9.59 Å². The highest BCUT2D eigenvalue weighted by Gasteiger charge is 2.37. The van der Waals surface area contributed by atoms with Crippen LogP contribution < -0.4 is 10.9 Å². The highest BCUT2D eigenvalue weighted by molar-refractivity contribution is 7.99. The number of unbranched alkanes of at least 4 members (excludes halogenated alkanes) is 1. The maximum Gasteiger partial charge on any atom is 0.257 e. The zero-order valence-corrected chi connectivity index (χ0v) is 16.6. The molecule has 146 valence electrons. The van der Waals surface area contributed by atoms with Crippen molar-refractivity contribution < 1.29 is 9.90 Å². The number of nitrogens with one attached hydrogen (secondary N) is 2. The van der Waals surface area contributed by atoms with Gasteiger partial charge in [-0.1, -0.05) is 37.2 Å². The van der Waals surface area contributed by atoms with Crippen LogP contribution in [0, 0.1) is 0 Å². The molecule has 0 saturated carbocycles. The van der Waals surface area contributed by atoms with Crippen LogP contribution in [-0.2, 0) is 4.79 Å². The van der Waals surface area contributed by atoms with Gasteiger partial charge in [0.1, 0.15) is 11.6 Å². The number of allylic oxidation sites excluding steroid dienone is 2. The molecule has 1 atom stereocenters. The Morgan fingerprint density at radius 1 is 1.29 bits per heavy atom. The van der Waals surface area contributed by atoms with E-state index in [1.165, 1.54) is 11.8 Å². The second-order valence-corrected chi connectivity index (χ2v) is 8.24. The molecule has 1 aliphatic carbocycles. The molecule has 28 heavy (non-hydrogen) atoms. The van der Waals surface area contributed by atoms with Crippen molar-refractivity contribution in [2.24, 2.45) is 0 Å². The summed E-state index contributed by atoms with van der Waals surface area (Å²) in [6.45, 7) is 2.12. The largest absolute Gasteiger partial charge is 0.508 e. The van der Waals surface area contributed by atoms with E-state index in [1.807, 2.05) is 6.07 Å². The number of aromatic nitrogens is 2. The Hall–Kier alpha value is -2.54. The number of phenolic OH excluding ortho intramolecular Hbond substituents is 1. The Bertz CT molecular complexity index is 1010. The van der Waals surface area contributed by atoms with Crippen LogP contribution in [0.3, 0.4) is 0 Å². The standard InChI is InChI=1S/C21H23N3O3S/c1-2-3-10-28-21-23-19-18(20(27)24-21)16(12-6-4-7-13(25)11-12)17-14(22-19)8-5-9-15(17)26/h4,6-7,11,16,25H,2-3,5,8-10H2,1H3,(H2,22,23,24,27). The fraction of sp³-hybridized carbons (Fsp3) is 0.381. The molecular weight excluding hydrogens is 374 g/mol. The van der Waals surface area contributed by atoms with Crippen molar-refractivity contribution in [3.8, 4) is 5.75 Å². The summed E-state index contributed by atoms with van der Waals surface area (Å²) < 4.78 is 0. The van der Waals surface area contributed by atoms with Crippen LogP contribution >= 0.6 is 11.8 Å². The van der Waals surface area contributed by atoms with Crippen molar-refractivity contribution >= 4 is 23.4 Å². The fourth-order valence-corrected chi connectivity index (χ4v) is 4.81. The number of aromatic hydroxyl groups is 1. The van der Waals surface area contributed by atoms with Gasteiger partial charge in [0.2, 0.25) is 0 Å². The number of Topliss-reactive ketones (excluding diaryl/α,β-unsaturated/α-hetero) is 1. The Kier molecular flexibility index (Phi) is 5.26. The normalized spacial score (nSPS) is 18.5. The van der Waals surface area contributed by atoms with Gasteiger partial charge in [-0.25, -0.2) is 4.98 Å². The summed E-state index contributed by atoms with van der Waals surface area (Å²) in [6, 6.07) is 6.78. The number of carbonyl (C=O) groups excluding carboxylic acids is 1. The summed E-state index contributed by atoms with van der Waals surface area (Å²) in [5.41, 5.74) is 2.40. The lowest BCUT2D eigenvalue weighted by atomic mass is 9.76. The zero-order valence-electron chi connectivity index (χ0n) is 15.7. The highest BCUT2D eigenvalue weighted by atomic mass is 32.2. The topological polar surface area (TPSA) is 95.1 Å². The maximum absolute atomic E-state index is 13.0. The first-order valence-electron chi connectivity index (χ1n) is 9.67. The second kappa shape index (κ2) is 7.83. The first-order chi connectivity index (χ1) is 13.6. The third-order valence-corrected chi connectivity index (χ3v) is 6.14. The van der Waals surface area contributed by atoms with Crippen LogP contribution in [-0.4, -0.2) is 26.6 Å². The van der Waals surface area contributed by atoms with E-state index < -0.39 is 5.92 Å². The van der Waals surface area contributed by atoms with Crippen molar-refractivity contribution in [1.82, 2.24) is 9.97 Å². The summed E-state index contributed by atoms with van der Waals surface area (Å²) in [6.07, 6.45) is 4.14. The van der Waals surface area contributed by atoms with E-state index in [0.717, 1.165) is 42.7 Å². The summed E-state index contributed by atoms with van der Waals surface area (Å²) in [5.74, 6) is 1.05. The smallest absolute Gasteiger partial charge is 0.257 e. The maximum atomic E-state index is 13.0.